The summed E-state index contributed by atoms with van der Waals surface area (Å²) in [6.45, 7) is 0.317. The van der Waals surface area contributed by atoms with Crippen LogP contribution in [0.2, 0.25) is 4.34 Å². The maximum atomic E-state index is 12.3. The number of nitrogens with zero attached hydrogens (tertiary/aromatic N) is 1. The van der Waals surface area contributed by atoms with Gasteiger partial charge in [-0.3, -0.25) is 4.79 Å². The molecular weight excluding hydrogens is 362 g/mol. The van der Waals surface area contributed by atoms with Crippen LogP contribution in [0.15, 0.2) is 47.3 Å². The molecule has 0 aliphatic heterocycles. The van der Waals surface area contributed by atoms with E-state index in [2.05, 4.69) is 15.3 Å². The number of methoxy groups -OCH3 is 1. The van der Waals surface area contributed by atoms with Gasteiger partial charge in [-0.25, -0.2) is 4.79 Å². The Hall–Kier alpha value is -2.64. The highest BCUT2D eigenvalue weighted by atomic mass is 35.5. The second kappa shape index (κ2) is 7.50. The van der Waals surface area contributed by atoms with Crippen molar-refractivity contribution in [3.63, 3.8) is 0 Å². The molecule has 1 amide bonds. The summed E-state index contributed by atoms with van der Waals surface area (Å²) in [6.07, 6.45) is 0. The predicted octanol–water partition coefficient (Wildman–Crippen LogP) is 3.09. The zero-order valence-corrected chi connectivity index (χ0v) is 14.8. The SMILES string of the molecule is COc1ccc(CNC(=O)c2cc(-c3ccc(Cl)s3)[nH]c(=O)n2)cc1. The molecule has 3 rings (SSSR count). The van der Waals surface area contributed by atoms with E-state index in [1.54, 1.807) is 19.2 Å². The lowest BCUT2D eigenvalue weighted by molar-refractivity contribution is 0.0945. The van der Waals surface area contributed by atoms with Gasteiger partial charge in [0.1, 0.15) is 11.4 Å². The highest BCUT2D eigenvalue weighted by molar-refractivity contribution is 7.19. The topological polar surface area (TPSA) is 84.1 Å². The minimum absolute atomic E-state index is 0.0526. The fraction of sp³-hybridized carbons (Fsp3) is 0.118. The number of amides is 1. The number of nitrogens with one attached hydrogen (secondary N) is 2. The van der Waals surface area contributed by atoms with Crippen LogP contribution in [0.3, 0.4) is 0 Å². The van der Waals surface area contributed by atoms with Crippen molar-refractivity contribution in [3.05, 3.63) is 68.5 Å². The van der Waals surface area contributed by atoms with Crippen molar-refractivity contribution in [1.82, 2.24) is 15.3 Å². The van der Waals surface area contributed by atoms with E-state index < -0.39 is 11.6 Å². The van der Waals surface area contributed by atoms with Crippen molar-refractivity contribution in [1.29, 1.82) is 0 Å². The molecule has 128 valence electrons. The van der Waals surface area contributed by atoms with Crippen molar-refractivity contribution in [2.24, 2.45) is 0 Å². The fourth-order valence-electron chi connectivity index (χ4n) is 2.18. The molecule has 0 unspecified atom stereocenters. The summed E-state index contributed by atoms with van der Waals surface area (Å²) in [6, 6.07) is 12.4. The van der Waals surface area contributed by atoms with Crippen LogP contribution >= 0.6 is 22.9 Å². The van der Waals surface area contributed by atoms with Gasteiger partial charge in [0.25, 0.3) is 5.91 Å². The van der Waals surface area contributed by atoms with E-state index in [1.165, 1.54) is 17.4 Å². The van der Waals surface area contributed by atoms with Gasteiger partial charge in [0.15, 0.2) is 0 Å². The Morgan fingerprint density at radius 3 is 2.68 bits per heavy atom. The molecule has 2 heterocycles. The summed E-state index contributed by atoms with van der Waals surface area (Å²) in [4.78, 5) is 31.2. The minimum Gasteiger partial charge on any atom is -0.497 e. The number of carbonyl (C=O) groups is 1. The monoisotopic (exact) mass is 375 g/mol. The van der Waals surface area contributed by atoms with Crippen LogP contribution < -0.4 is 15.7 Å². The number of ether oxygens (including phenoxy) is 1. The molecule has 0 saturated heterocycles. The predicted molar refractivity (Wildman–Crippen MR) is 97.3 cm³/mol. The molecule has 0 fully saturated rings. The first-order valence-corrected chi connectivity index (χ1v) is 8.53. The molecule has 0 saturated carbocycles. The molecule has 25 heavy (non-hydrogen) atoms. The maximum Gasteiger partial charge on any atom is 0.346 e. The van der Waals surface area contributed by atoms with Crippen molar-refractivity contribution in [2.45, 2.75) is 6.54 Å². The Bertz CT molecular complexity index is 950. The van der Waals surface area contributed by atoms with E-state index >= 15 is 0 Å². The molecule has 0 aliphatic carbocycles. The van der Waals surface area contributed by atoms with E-state index in [0.29, 0.717) is 16.6 Å². The second-order valence-electron chi connectivity index (χ2n) is 5.12. The van der Waals surface area contributed by atoms with Gasteiger partial charge < -0.3 is 15.0 Å². The van der Waals surface area contributed by atoms with Crippen LogP contribution in [0.5, 0.6) is 5.75 Å². The maximum absolute atomic E-state index is 12.3. The lowest BCUT2D eigenvalue weighted by Gasteiger charge is -2.06. The summed E-state index contributed by atoms with van der Waals surface area (Å²) in [5, 5.41) is 2.75. The lowest BCUT2D eigenvalue weighted by atomic mass is 10.2. The van der Waals surface area contributed by atoms with Crippen molar-refractivity contribution in [3.8, 4) is 16.3 Å². The molecular formula is C17H14ClN3O3S. The number of aromatic nitrogens is 2. The zero-order valence-electron chi connectivity index (χ0n) is 13.2. The van der Waals surface area contributed by atoms with Crippen molar-refractivity contribution < 1.29 is 9.53 Å². The minimum atomic E-state index is -0.586. The molecule has 2 aromatic heterocycles. The highest BCUT2D eigenvalue weighted by Gasteiger charge is 2.12. The summed E-state index contributed by atoms with van der Waals surface area (Å²) in [5.74, 6) is 0.316. The number of halogens is 1. The number of H-pyrrole nitrogens is 1. The fourth-order valence-corrected chi connectivity index (χ4v) is 3.20. The number of hydrogen-bond acceptors (Lipinski definition) is 5. The van der Waals surface area contributed by atoms with Gasteiger partial charge in [-0.2, -0.15) is 4.98 Å². The van der Waals surface area contributed by atoms with Crippen LogP contribution in [0.1, 0.15) is 16.1 Å². The third-order valence-corrected chi connectivity index (χ3v) is 4.69. The molecule has 0 aliphatic rings. The van der Waals surface area contributed by atoms with Gasteiger partial charge in [-0.05, 0) is 35.9 Å². The molecule has 2 N–H and O–H groups in total. The number of thiophene rings is 1. The van der Waals surface area contributed by atoms with E-state index in [9.17, 15) is 9.59 Å². The van der Waals surface area contributed by atoms with Gasteiger partial charge in [0.2, 0.25) is 0 Å². The molecule has 1 aromatic carbocycles. The van der Waals surface area contributed by atoms with Crippen LogP contribution in [-0.2, 0) is 6.54 Å². The van der Waals surface area contributed by atoms with Crippen LogP contribution in [0.25, 0.3) is 10.6 Å². The average molecular weight is 376 g/mol. The Kier molecular flexibility index (Phi) is 5.16. The molecule has 0 spiro atoms. The van der Waals surface area contributed by atoms with Gasteiger partial charge in [0.05, 0.1) is 22.0 Å². The molecule has 3 aromatic rings. The summed E-state index contributed by atoms with van der Waals surface area (Å²) in [7, 11) is 1.59. The van der Waals surface area contributed by atoms with E-state index in [0.717, 1.165) is 16.2 Å². The van der Waals surface area contributed by atoms with Crippen LogP contribution in [-0.4, -0.2) is 23.0 Å². The number of hydrogen-bond donors (Lipinski definition) is 2. The quantitative estimate of drug-likeness (QED) is 0.717. The summed E-state index contributed by atoms with van der Waals surface area (Å²) >= 11 is 7.22. The average Bonchev–Trinajstić information content (AvgIpc) is 3.06. The Morgan fingerprint density at radius 2 is 2.04 bits per heavy atom. The number of aromatic amines is 1. The Morgan fingerprint density at radius 1 is 1.28 bits per heavy atom. The smallest absolute Gasteiger partial charge is 0.346 e. The van der Waals surface area contributed by atoms with Gasteiger partial charge in [-0.15, -0.1) is 11.3 Å². The van der Waals surface area contributed by atoms with Crippen LogP contribution in [0, 0.1) is 0 Å². The lowest BCUT2D eigenvalue weighted by Crippen LogP contribution is -2.27. The largest absolute Gasteiger partial charge is 0.497 e. The number of rotatable bonds is 5. The van der Waals surface area contributed by atoms with Crippen LogP contribution in [0.4, 0.5) is 0 Å². The number of carbonyl (C=O) groups excluding carboxylic acids is 1. The van der Waals surface area contributed by atoms with E-state index in [1.807, 2.05) is 24.3 Å². The standard InChI is InChI=1S/C17H14ClN3O3S/c1-24-11-4-2-10(3-5-11)9-19-16(22)13-8-12(20-17(23)21-13)14-6-7-15(18)25-14/h2-8H,9H2,1H3,(H,19,22)(H,20,21,23). The van der Waals surface area contributed by atoms with Crippen molar-refractivity contribution >= 4 is 28.8 Å². The van der Waals surface area contributed by atoms with E-state index in [4.69, 9.17) is 16.3 Å². The Balaban J connectivity index is 1.75. The second-order valence-corrected chi connectivity index (χ2v) is 6.83. The summed E-state index contributed by atoms with van der Waals surface area (Å²) < 4.78 is 5.69. The Labute approximate surface area is 152 Å². The third-order valence-electron chi connectivity index (χ3n) is 3.43. The van der Waals surface area contributed by atoms with Gasteiger partial charge >= 0.3 is 5.69 Å². The molecule has 8 heteroatoms. The molecule has 6 nitrogen and oxygen atoms in total. The first kappa shape index (κ1) is 17.2. The first-order valence-electron chi connectivity index (χ1n) is 7.33. The van der Waals surface area contributed by atoms with Crippen molar-refractivity contribution in [2.75, 3.05) is 7.11 Å². The highest BCUT2D eigenvalue weighted by Crippen LogP contribution is 2.29. The molecule has 0 bridgehead atoms. The van der Waals surface area contributed by atoms with Gasteiger partial charge in [-0.1, -0.05) is 23.7 Å². The van der Waals surface area contributed by atoms with E-state index in [-0.39, 0.29) is 5.69 Å². The molecule has 0 atom stereocenters. The zero-order chi connectivity index (χ0) is 17.8. The normalized spacial score (nSPS) is 10.5. The third kappa shape index (κ3) is 4.26. The summed E-state index contributed by atoms with van der Waals surface area (Å²) in [5.41, 5.74) is 0.879. The van der Waals surface area contributed by atoms with Gasteiger partial charge in [0, 0.05) is 6.54 Å². The number of benzene rings is 1. The first-order chi connectivity index (χ1) is 12.0. The molecule has 0 radical (unpaired) electrons.